The second-order valence-electron chi connectivity index (χ2n) is 5.46. The van der Waals surface area contributed by atoms with Crippen molar-refractivity contribution in [3.05, 3.63) is 35.9 Å². The third-order valence-electron chi connectivity index (χ3n) is 4.40. The van der Waals surface area contributed by atoms with E-state index in [1.165, 1.54) is 24.8 Å². The van der Waals surface area contributed by atoms with Gasteiger partial charge in [-0.25, -0.2) is 0 Å². The van der Waals surface area contributed by atoms with E-state index in [0.29, 0.717) is 12.0 Å². The van der Waals surface area contributed by atoms with E-state index in [0.717, 1.165) is 19.5 Å². The van der Waals surface area contributed by atoms with Crippen molar-refractivity contribution in [1.82, 2.24) is 4.90 Å². The lowest BCUT2D eigenvalue weighted by Gasteiger charge is -2.26. The molecule has 92 valence electrons. The van der Waals surface area contributed by atoms with Gasteiger partial charge in [-0.2, -0.15) is 0 Å². The molecule has 1 N–H and O–H groups in total. The summed E-state index contributed by atoms with van der Waals surface area (Å²) in [5, 5.41) is 9.96. The molecule has 0 amide bonds. The number of rotatable bonds is 2. The van der Waals surface area contributed by atoms with Gasteiger partial charge in [0.15, 0.2) is 0 Å². The predicted octanol–water partition coefficient (Wildman–Crippen LogP) is 2.39. The Bertz CT molecular complexity index is 364. The number of hydrogen-bond donors (Lipinski definition) is 1. The van der Waals surface area contributed by atoms with Gasteiger partial charge in [0.2, 0.25) is 0 Å². The van der Waals surface area contributed by atoms with Crippen LogP contribution in [0.1, 0.15) is 37.2 Å². The summed E-state index contributed by atoms with van der Waals surface area (Å²) in [5.74, 6) is 0.670. The number of hydrogen-bond acceptors (Lipinski definition) is 2. The Morgan fingerprint density at radius 3 is 2.59 bits per heavy atom. The molecule has 3 atom stereocenters. The monoisotopic (exact) mass is 231 g/mol. The first-order valence-electron chi connectivity index (χ1n) is 6.81. The van der Waals surface area contributed by atoms with Crippen LogP contribution in [0.5, 0.6) is 0 Å². The van der Waals surface area contributed by atoms with E-state index in [4.69, 9.17) is 0 Å². The number of benzene rings is 1. The minimum atomic E-state index is -0.0791. The van der Waals surface area contributed by atoms with Crippen LogP contribution in [-0.4, -0.2) is 35.2 Å². The van der Waals surface area contributed by atoms with Gasteiger partial charge in [0.05, 0.1) is 6.10 Å². The normalized spacial score (nSPS) is 34.3. The maximum absolute atomic E-state index is 9.96. The first-order chi connectivity index (χ1) is 8.34. The third-order valence-corrected chi connectivity index (χ3v) is 4.40. The van der Waals surface area contributed by atoms with E-state index in [1.807, 2.05) is 0 Å². The highest BCUT2D eigenvalue weighted by Crippen LogP contribution is 2.33. The summed E-state index contributed by atoms with van der Waals surface area (Å²) in [4.78, 5) is 2.51. The fourth-order valence-electron chi connectivity index (χ4n) is 3.43. The molecule has 2 fully saturated rings. The van der Waals surface area contributed by atoms with Crippen molar-refractivity contribution >= 4 is 0 Å². The third kappa shape index (κ3) is 2.24. The molecule has 1 unspecified atom stereocenters. The average Bonchev–Trinajstić information content (AvgIpc) is 2.98. The van der Waals surface area contributed by atoms with Crippen LogP contribution in [0.15, 0.2) is 30.3 Å². The van der Waals surface area contributed by atoms with Gasteiger partial charge in [-0.05, 0) is 43.7 Å². The lowest BCUT2D eigenvalue weighted by Crippen LogP contribution is -2.38. The summed E-state index contributed by atoms with van der Waals surface area (Å²) >= 11 is 0. The standard InChI is InChI=1S/C15H21NO/c17-15-8-4-7-14(15)16-10-9-13(11-16)12-5-2-1-3-6-12/h1-3,5-6,13-15,17H,4,7-11H2/t13?,14-,15-/m0/s1. The highest BCUT2D eigenvalue weighted by molar-refractivity contribution is 5.21. The molecule has 1 aromatic rings. The molecule has 1 aromatic carbocycles. The molecule has 2 heteroatoms. The molecule has 1 saturated carbocycles. The van der Waals surface area contributed by atoms with Gasteiger partial charge < -0.3 is 5.11 Å². The summed E-state index contributed by atoms with van der Waals surface area (Å²) in [6.07, 6.45) is 4.54. The molecular weight excluding hydrogens is 210 g/mol. The van der Waals surface area contributed by atoms with Crippen LogP contribution in [0.3, 0.4) is 0 Å². The van der Waals surface area contributed by atoms with Crippen LogP contribution in [0.25, 0.3) is 0 Å². The molecule has 2 nitrogen and oxygen atoms in total. The van der Waals surface area contributed by atoms with Gasteiger partial charge in [-0.15, -0.1) is 0 Å². The predicted molar refractivity (Wildman–Crippen MR) is 69.0 cm³/mol. The largest absolute Gasteiger partial charge is 0.391 e. The van der Waals surface area contributed by atoms with Crippen molar-refractivity contribution in [3.8, 4) is 0 Å². The molecule has 0 bridgehead atoms. The van der Waals surface area contributed by atoms with Gasteiger partial charge >= 0.3 is 0 Å². The highest BCUT2D eigenvalue weighted by atomic mass is 16.3. The second-order valence-corrected chi connectivity index (χ2v) is 5.46. The number of likely N-dealkylation sites (tertiary alicyclic amines) is 1. The van der Waals surface area contributed by atoms with Crippen LogP contribution in [0.4, 0.5) is 0 Å². The molecule has 0 aromatic heterocycles. The molecular formula is C15H21NO. The molecule has 3 rings (SSSR count). The van der Waals surface area contributed by atoms with E-state index >= 15 is 0 Å². The van der Waals surface area contributed by atoms with Gasteiger partial charge in [0.25, 0.3) is 0 Å². The first-order valence-corrected chi connectivity index (χ1v) is 6.81. The molecule has 2 aliphatic rings. The van der Waals surface area contributed by atoms with Crippen molar-refractivity contribution < 1.29 is 5.11 Å². The Kier molecular flexibility index (Phi) is 3.17. The van der Waals surface area contributed by atoms with Crippen LogP contribution < -0.4 is 0 Å². The zero-order chi connectivity index (χ0) is 11.7. The Balaban J connectivity index is 1.66. The summed E-state index contributed by atoms with van der Waals surface area (Å²) < 4.78 is 0. The zero-order valence-corrected chi connectivity index (χ0v) is 10.3. The minimum absolute atomic E-state index is 0.0791. The first kappa shape index (κ1) is 11.2. The van der Waals surface area contributed by atoms with Crippen LogP contribution in [-0.2, 0) is 0 Å². The number of nitrogens with zero attached hydrogens (tertiary/aromatic N) is 1. The Morgan fingerprint density at radius 2 is 1.88 bits per heavy atom. The number of aliphatic hydroxyl groups excluding tert-OH is 1. The summed E-state index contributed by atoms with van der Waals surface area (Å²) in [5.41, 5.74) is 1.46. The van der Waals surface area contributed by atoms with Gasteiger partial charge in [-0.3, -0.25) is 4.90 Å². The SMILES string of the molecule is O[C@H]1CCC[C@@H]1N1CCC(c2ccccc2)C1. The van der Waals surface area contributed by atoms with Crippen LogP contribution >= 0.6 is 0 Å². The molecule has 1 heterocycles. The van der Waals surface area contributed by atoms with Gasteiger partial charge in [-0.1, -0.05) is 30.3 Å². The van der Waals surface area contributed by atoms with Gasteiger partial charge in [0, 0.05) is 12.6 Å². The smallest absolute Gasteiger partial charge is 0.0695 e. The Hall–Kier alpha value is -0.860. The zero-order valence-electron chi connectivity index (χ0n) is 10.3. The topological polar surface area (TPSA) is 23.5 Å². The van der Waals surface area contributed by atoms with Crippen molar-refractivity contribution in [3.63, 3.8) is 0 Å². The van der Waals surface area contributed by atoms with Crippen molar-refractivity contribution in [2.75, 3.05) is 13.1 Å². The quantitative estimate of drug-likeness (QED) is 0.845. The van der Waals surface area contributed by atoms with Crippen molar-refractivity contribution in [2.45, 2.75) is 43.7 Å². The Morgan fingerprint density at radius 1 is 1.06 bits per heavy atom. The molecule has 1 aliphatic heterocycles. The molecule has 0 spiro atoms. The number of aliphatic hydroxyl groups is 1. The molecule has 0 radical (unpaired) electrons. The van der Waals surface area contributed by atoms with E-state index in [1.54, 1.807) is 0 Å². The van der Waals surface area contributed by atoms with Gasteiger partial charge in [0.1, 0.15) is 0 Å². The van der Waals surface area contributed by atoms with E-state index in [9.17, 15) is 5.11 Å². The fraction of sp³-hybridized carbons (Fsp3) is 0.600. The molecule has 17 heavy (non-hydrogen) atoms. The molecule has 1 aliphatic carbocycles. The van der Waals surface area contributed by atoms with E-state index in [-0.39, 0.29) is 6.10 Å². The van der Waals surface area contributed by atoms with E-state index < -0.39 is 0 Å². The maximum Gasteiger partial charge on any atom is 0.0695 e. The summed E-state index contributed by atoms with van der Waals surface area (Å²) in [6.45, 7) is 2.28. The summed E-state index contributed by atoms with van der Waals surface area (Å²) in [6, 6.07) is 11.2. The van der Waals surface area contributed by atoms with E-state index in [2.05, 4.69) is 35.2 Å². The maximum atomic E-state index is 9.96. The minimum Gasteiger partial charge on any atom is -0.391 e. The van der Waals surface area contributed by atoms with Crippen LogP contribution in [0.2, 0.25) is 0 Å². The van der Waals surface area contributed by atoms with Crippen molar-refractivity contribution in [2.24, 2.45) is 0 Å². The lowest BCUT2D eigenvalue weighted by molar-refractivity contribution is 0.0845. The highest BCUT2D eigenvalue weighted by Gasteiger charge is 2.35. The van der Waals surface area contributed by atoms with Crippen molar-refractivity contribution in [1.29, 1.82) is 0 Å². The summed E-state index contributed by atoms with van der Waals surface area (Å²) in [7, 11) is 0. The Labute approximate surface area is 103 Å². The average molecular weight is 231 g/mol. The lowest BCUT2D eigenvalue weighted by atomic mass is 9.99. The second kappa shape index (κ2) is 4.79. The molecule has 1 saturated heterocycles. The fourth-order valence-corrected chi connectivity index (χ4v) is 3.43. The van der Waals surface area contributed by atoms with Crippen LogP contribution in [0, 0.1) is 0 Å².